The minimum atomic E-state index is -1.91. The quantitative estimate of drug-likeness (QED) is 0.427. The normalized spacial score (nSPS) is 21.6. The van der Waals surface area contributed by atoms with Crippen LogP contribution in [0.25, 0.3) is 16.8 Å². The molecule has 0 spiro atoms. The van der Waals surface area contributed by atoms with Gasteiger partial charge in [0, 0.05) is 29.5 Å². The number of nitrogens with zero attached hydrogens (tertiary/aromatic N) is 4. The van der Waals surface area contributed by atoms with E-state index in [0.717, 1.165) is 22.4 Å². The zero-order valence-corrected chi connectivity index (χ0v) is 19.6. The van der Waals surface area contributed by atoms with Gasteiger partial charge >= 0.3 is 5.91 Å². The molecule has 6 rings (SSSR count). The lowest BCUT2D eigenvalue weighted by atomic mass is 9.88. The van der Waals surface area contributed by atoms with Gasteiger partial charge in [-0.15, -0.1) is 10.2 Å². The predicted molar refractivity (Wildman–Crippen MR) is 132 cm³/mol. The zero-order valence-electron chi connectivity index (χ0n) is 19.6. The van der Waals surface area contributed by atoms with Crippen molar-refractivity contribution in [1.29, 1.82) is 0 Å². The molecule has 2 atom stereocenters. The summed E-state index contributed by atoms with van der Waals surface area (Å²) in [5.74, 6) is -0.967. The molecule has 8 heteroatoms. The van der Waals surface area contributed by atoms with Gasteiger partial charge in [0.1, 0.15) is 19.2 Å². The summed E-state index contributed by atoms with van der Waals surface area (Å²) in [4.78, 5) is 27.6. The first-order valence-corrected chi connectivity index (χ1v) is 12.0. The molecule has 0 saturated carbocycles. The molecule has 1 aliphatic heterocycles. The molecule has 36 heavy (non-hydrogen) atoms. The summed E-state index contributed by atoms with van der Waals surface area (Å²) >= 11 is 0. The number of para-hydroxylation sites is 1. The second-order valence-corrected chi connectivity index (χ2v) is 9.58. The molecule has 4 aromatic rings. The van der Waals surface area contributed by atoms with Gasteiger partial charge in [0.05, 0.1) is 12.2 Å². The molecular weight excluding hydrogens is 454 g/mol. The van der Waals surface area contributed by atoms with Crippen LogP contribution in [0.2, 0.25) is 0 Å². The predicted octanol–water partition coefficient (Wildman–Crippen LogP) is 2.67. The number of hydrogen-bond donors (Lipinski definition) is 2. The Labute approximate surface area is 208 Å². The third-order valence-electron chi connectivity index (χ3n) is 7.74. The zero-order chi connectivity index (χ0) is 24.9. The maximum Gasteiger partial charge on any atom is 0.355 e. The SMILES string of the molecule is NC(=O)[C@@H]1CCC[N+]1(Cc1ccccc1-n1cnnc1)C(=O)C1(O)c2ccccc2-c2ccccc21. The molecule has 8 nitrogen and oxygen atoms in total. The van der Waals surface area contributed by atoms with Crippen molar-refractivity contribution in [2.24, 2.45) is 5.73 Å². The van der Waals surface area contributed by atoms with E-state index in [0.29, 0.717) is 30.5 Å². The summed E-state index contributed by atoms with van der Waals surface area (Å²) in [5, 5.41) is 20.2. The molecule has 3 N–H and O–H groups in total. The number of quaternary nitrogens is 1. The Balaban J connectivity index is 1.54. The van der Waals surface area contributed by atoms with Crippen molar-refractivity contribution in [3.63, 3.8) is 0 Å². The van der Waals surface area contributed by atoms with Gasteiger partial charge in [0.25, 0.3) is 5.91 Å². The van der Waals surface area contributed by atoms with E-state index in [4.69, 9.17) is 5.73 Å². The van der Waals surface area contributed by atoms with Gasteiger partial charge in [-0.3, -0.25) is 9.36 Å². The summed E-state index contributed by atoms with van der Waals surface area (Å²) in [7, 11) is 0. The molecule has 1 aromatic heterocycles. The largest absolute Gasteiger partial charge is 0.369 e. The lowest BCUT2D eigenvalue weighted by Gasteiger charge is -2.41. The molecule has 1 aliphatic carbocycles. The summed E-state index contributed by atoms with van der Waals surface area (Å²) in [5.41, 5.74) is 8.37. The molecule has 0 radical (unpaired) electrons. The molecular formula is C28H26N5O3+. The van der Waals surface area contributed by atoms with E-state index in [1.54, 1.807) is 29.4 Å². The first kappa shape index (κ1) is 22.3. The van der Waals surface area contributed by atoms with Gasteiger partial charge in [-0.25, -0.2) is 9.28 Å². The highest BCUT2D eigenvalue weighted by molar-refractivity contribution is 5.97. The van der Waals surface area contributed by atoms with Crippen molar-refractivity contribution in [2.45, 2.75) is 31.0 Å². The number of amides is 2. The lowest BCUT2D eigenvalue weighted by Crippen LogP contribution is -2.65. The molecule has 0 bridgehead atoms. The van der Waals surface area contributed by atoms with E-state index < -0.39 is 23.5 Å². The molecule has 3 aromatic carbocycles. The van der Waals surface area contributed by atoms with Crippen LogP contribution in [0.15, 0.2) is 85.5 Å². The molecule has 2 amide bonds. The Morgan fingerprint density at radius 2 is 1.53 bits per heavy atom. The fraction of sp³-hybridized carbons (Fsp3) is 0.214. The number of likely N-dealkylation sites (tertiary alicyclic amines) is 1. The number of carbonyl (C=O) groups is 2. The van der Waals surface area contributed by atoms with Gasteiger partial charge in [0.15, 0.2) is 6.04 Å². The Morgan fingerprint density at radius 3 is 2.17 bits per heavy atom. The van der Waals surface area contributed by atoms with Crippen LogP contribution < -0.4 is 5.73 Å². The highest BCUT2D eigenvalue weighted by Crippen LogP contribution is 2.50. The summed E-state index contributed by atoms with van der Waals surface area (Å²) in [6, 6.07) is 21.8. The highest BCUT2D eigenvalue weighted by Gasteiger charge is 2.62. The van der Waals surface area contributed by atoms with Gasteiger partial charge in [-0.1, -0.05) is 66.7 Å². The van der Waals surface area contributed by atoms with Crippen molar-refractivity contribution < 1.29 is 19.2 Å². The van der Waals surface area contributed by atoms with Crippen LogP contribution in [0.1, 0.15) is 29.5 Å². The van der Waals surface area contributed by atoms with Crippen LogP contribution in [0.4, 0.5) is 0 Å². The number of nitrogens with two attached hydrogens (primary N) is 1. The molecule has 2 heterocycles. The van der Waals surface area contributed by atoms with E-state index in [9.17, 15) is 14.7 Å². The first-order chi connectivity index (χ1) is 17.5. The summed E-state index contributed by atoms with van der Waals surface area (Å²) in [6.45, 7) is 0.600. The van der Waals surface area contributed by atoms with Crippen LogP contribution in [0, 0.1) is 0 Å². The number of aliphatic hydroxyl groups is 1. The summed E-state index contributed by atoms with van der Waals surface area (Å²) < 4.78 is 1.52. The molecule has 1 saturated heterocycles. The maximum atomic E-state index is 14.8. The smallest absolute Gasteiger partial charge is 0.355 e. The Kier molecular flexibility index (Phi) is 5.10. The third kappa shape index (κ3) is 3.08. The minimum Gasteiger partial charge on any atom is -0.369 e. The van der Waals surface area contributed by atoms with Gasteiger partial charge in [0.2, 0.25) is 5.60 Å². The van der Waals surface area contributed by atoms with E-state index in [-0.39, 0.29) is 11.0 Å². The Bertz CT molecular complexity index is 1440. The fourth-order valence-corrected chi connectivity index (χ4v) is 6.15. The standard InChI is InChI=1S/C28H25N5O3/c29-26(34)25-14-7-15-33(25,16-19-8-1-6-13-24(19)32-17-30-31-18-32)27(35)28(36)22-11-4-2-9-20(22)21-10-3-5-12-23(21)28/h1-6,8-13,17-18,25,36H,7,14-16H2,(H-,29,34)/p+1/t25-,33?/m0/s1. The number of fused-ring (bicyclic) bond motifs is 3. The van der Waals surface area contributed by atoms with E-state index in [1.807, 2.05) is 60.7 Å². The van der Waals surface area contributed by atoms with Gasteiger partial charge in [-0.2, -0.15) is 0 Å². The number of primary amides is 1. The topological polar surface area (TPSA) is 111 Å². The van der Waals surface area contributed by atoms with Crippen LogP contribution in [-0.2, 0) is 21.7 Å². The average molecular weight is 481 g/mol. The fourth-order valence-electron chi connectivity index (χ4n) is 6.15. The van der Waals surface area contributed by atoms with Crippen molar-refractivity contribution >= 4 is 11.8 Å². The number of aromatic nitrogens is 3. The average Bonchev–Trinajstić information content (AvgIpc) is 3.64. The Morgan fingerprint density at radius 1 is 0.944 bits per heavy atom. The van der Waals surface area contributed by atoms with Crippen molar-refractivity contribution in [1.82, 2.24) is 14.8 Å². The summed E-state index contributed by atoms with van der Waals surface area (Å²) in [6.07, 6.45) is 4.32. The van der Waals surface area contributed by atoms with Crippen molar-refractivity contribution in [3.05, 3.63) is 102 Å². The van der Waals surface area contributed by atoms with Gasteiger partial charge < -0.3 is 10.8 Å². The van der Waals surface area contributed by atoms with Gasteiger partial charge in [-0.05, 0) is 17.2 Å². The van der Waals surface area contributed by atoms with Crippen molar-refractivity contribution in [2.75, 3.05) is 6.54 Å². The Hall–Kier alpha value is -4.14. The first-order valence-electron chi connectivity index (χ1n) is 12.0. The van der Waals surface area contributed by atoms with Crippen LogP contribution in [0.5, 0.6) is 0 Å². The second kappa shape index (κ2) is 8.22. The maximum absolute atomic E-state index is 14.8. The van der Waals surface area contributed by atoms with Crippen LogP contribution in [-0.4, -0.2) is 48.8 Å². The molecule has 1 fully saturated rings. The highest BCUT2D eigenvalue weighted by atomic mass is 16.3. The van der Waals surface area contributed by atoms with Crippen molar-refractivity contribution in [3.8, 4) is 16.8 Å². The van der Waals surface area contributed by atoms with E-state index in [1.165, 1.54) is 0 Å². The van der Waals surface area contributed by atoms with Crippen LogP contribution in [0.3, 0.4) is 0 Å². The number of benzene rings is 3. The number of carbonyl (C=O) groups excluding carboxylic acids is 2. The molecule has 180 valence electrons. The molecule has 2 aliphatic rings. The monoisotopic (exact) mass is 480 g/mol. The number of rotatable bonds is 5. The lowest BCUT2D eigenvalue weighted by molar-refractivity contribution is -0.873. The third-order valence-corrected chi connectivity index (χ3v) is 7.74. The van der Waals surface area contributed by atoms with E-state index in [2.05, 4.69) is 10.2 Å². The second-order valence-electron chi connectivity index (χ2n) is 9.58. The minimum absolute atomic E-state index is 0.202. The molecule has 1 unspecified atom stereocenters. The van der Waals surface area contributed by atoms with E-state index >= 15 is 0 Å². The number of hydrogen-bond acceptors (Lipinski definition) is 5. The van der Waals surface area contributed by atoms with Crippen LogP contribution >= 0.6 is 0 Å².